The van der Waals surface area contributed by atoms with Gasteiger partial charge < -0.3 is 4.57 Å². The second-order valence-corrected chi connectivity index (χ2v) is 7.52. The number of hydrogen-bond acceptors (Lipinski definition) is 3. The van der Waals surface area contributed by atoms with Crippen LogP contribution >= 0.6 is 11.6 Å². The summed E-state index contributed by atoms with van der Waals surface area (Å²) >= 11 is 6.05. The molecule has 1 aromatic carbocycles. The van der Waals surface area contributed by atoms with Gasteiger partial charge in [-0.2, -0.15) is 0 Å². The average molecular weight is 356 g/mol. The molecule has 1 atom stereocenters. The summed E-state index contributed by atoms with van der Waals surface area (Å²) in [5.74, 6) is 0.190. The van der Waals surface area contributed by atoms with Crippen LogP contribution in [0.2, 0.25) is 5.15 Å². The fourth-order valence-electron chi connectivity index (χ4n) is 2.65. The van der Waals surface area contributed by atoms with Crippen LogP contribution in [0.25, 0.3) is 0 Å². The lowest BCUT2D eigenvalue weighted by Gasteiger charge is -2.26. The predicted octanol–water partition coefficient (Wildman–Crippen LogP) is 3.53. The van der Waals surface area contributed by atoms with Crippen LogP contribution in [-0.4, -0.2) is 18.0 Å². The van der Waals surface area contributed by atoms with Crippen molar-refractivity contribution in [3.63, 3.8) is 0 Å². The summed E-state index contributed by atoms with van der Waals surface area (Å²) in [6.45, 7) is 4.12. The van der Waals surface area contributed by atoms with Gasteiger partial charge in [0.15, 0.2) is 0 Å². The van der Waals surface area contributed by atoms with E-state index in [1.165, 1.54) is 10.9 Å². The molecular weight excluding hydrogens is 334 g/mol. The molecule has 0 aliphatic heterocycles. The van der Waals surface area contributed by atoms with E-state index in [1.54, 1.807) is 7.05 Å². The summed E-state index contributed by atoms with van der Waals surface area (Å²) in [6.07, 6.45) is 3.13. The van der Waals surface area contributed by atoms with Gasteiger partial charge in [-0.25, -0.2) is 18.1 Å². The van der Waals surface area contributed by atoms with Crippen LogP contribution in [0.4, 0.5) is 0 Å². The van der Waals surface area contributed by atoms with E-state index in [4.69, 9.17) is 11.6 Å². The van der Waals surface area contributed by atoms with Gasteiger partial charge in [0.25, 0.3) is 10.0 Å². The minimum atomic E-state index is -3.80. The normalized spacial score (nSPS) is 13.4. The summed E-state index contributed by atoms with van der Waals surface area (Å²) in [4.78, 5) is 3.93. The molecule has 1 aromatic heterocycles. The molecular formula is C16H22ClN3O2S. The van der Waals surface area contributed by atoms with E-state index < -0.39 is 10.0 Å². The Morgan fingerprint density at radius 1 is 1.22 bits per heavy atom. The maximum atomic E-state index is 12.7. The van der Waals surface area contributed by atoms with Crippen LogP contribution in [0, 0.1) is 5.92 Å². The number of halogens is 1. The monoisotopic (exact) mass is 355 g/mol. The maximum Gasteiger partial charge on any atom is 0.261 e. The number of nitrogens with zero attached hydrogens (tertiary/aromatic N) is 2. The van der Waals surface area contributed by atoms with Crippen LogP contribution in [-0.2, 0) is 17.1 Å². The first kappa shape index (κ1) is 18.0. The molecule has 2 rings (SSSR count). The zero-order valence-corrected chi connectivity index (χ0v) is 15.1. The molecule has 1 N–H and O–H groups in total. The van der Waals surface area contributed by atoms with Crippen molar-refractivity contribution >= 4 is 21.6 Å². The molecule has 5 nitrogen and oxygen atoms in total. The van der Waals surface area contributed by atoms with Crippen LogP contribution in [0.15, 0.2) is 41.7 Å². The number of aryl methyl sites for hydroxylation is 1. The first-order valence-corrected chi connectivity index (χ1v) is 9.50. The smallest absolute Gasteiger partial charge is 0.261 e. The Morgan fingerprint density at radius 2 is 1.83 bits per heavy atom. The van der Waals surface area contributed by atoms with Crippen molar-refractivity contribution in [2.24, 2.45) is 13.0 Å². The Morgan fingerprint density at radius 3 is 2.30 bits per heavy atom. The maximum absolute atomic E-state index is 12.7. The van der Waals surface area contributed by atoms with Crippen LogP contribution in [0.3, 0.4) is 0 Å². The van der Waals surface area contributed by atoms with Gasteiger partial charge in [-0.1, -0.05) is 68.6 Å². The van der Waals surface area contributed by atoms with E-state index in [9.17, 15) is 8.42 Å². The number of benzene rings is 1. The highest BCUT2D eigenvalue weighted by molar-refractivity contribution is 7.89. The van der Waals surface area contributed by atoms with Gasteiger partial charge in [-0.05, 0) is 11.5 Å². The third kappa shape index (κ3) is 3.94. The van der Waals surface area contributed by atoms with Crippen LogP contribution in [0.5, 0.6) is 0 Å². The van der Waals surface area contributed by atoms with Crippen molar-refractivity contribution in [1.29, 1.82) is 0 Å². The number of imidazole rings is 1. The van der Waals surface area contributed by atoms with Crippen molar-refractivity contribution in [2.45, 2.75) is 37.8 Å². The Kier molecular flexibility index (Phi) is 5.84. The molecule has 23 heavy (non-hydrogen) atoms. The lowest BCUT2D eigenvalue weighted by molar-refractivity contribution is 0.378. The molecule has 126 valence electrons. The zero-order valence-electron chi connectivity index (χ0n) is 13.5. The van der Waals surface area contributed by atoms with Gasteiger partial charge in [-0.3, -0.25) is 0 Å². The highest BCUT2D eigenvalue weighted by Gasteiger charge is 2.29. The Balaban J connectivity index is 2.39. The largest absolute Gasteiger partial charge is 0.324 e. The predicted molar refractivity (Wildman–Crippen MR) is 91.8 cm³/mol. The second-order valence-electron chi connectivity index (χ2n) is 5.54. The molecule has 7 heteroatoms. The molecule has 0 saturated heterocycles. The molecule has 0 spiro atoms. The van der Waals surface area contributed by atoms with Gasteiger partial charge in [0, 0.05) is 13.1 Å². The zero-order chi connectivity index (χ0) is 17.0. The Hall–Kier alpha value is -1.37. The van der Waals surface area contributed by atoms with E-state index in [0.29, 0.717) is 0 Å². The summed E-state index contributed by atoms with van der Waals surface area (Å²) in [5, 5.41) is -0.0255. The molecule has 0 saturated carbocycles. The topological polar surface area (TPSA) is 64.0 Å². The fourth-order valence-corrected chi connectivity index (χ4v) is 4.38. The molecule has 0 aliphatic rings. The number of rotatable bonds is 7. The molecule has 2 aromatic rings. The van der Waals surface area contributed by atoms with Gasteiger partial charge >= 0.3 is 0 Å². The third-order valence-corrected chi connectivity index (χ3v) is 5.98. The summed E-state index contributed by atoms with van der Waals surface area (Å²) in [7, 11) is -2.14. The highest BCUT2D eigenvalue weighted by Crippen LogP contribution is 2.30. The summed E-state index contributed by atoms with van der Waals surface area (Å²) < 4.78 is 29.7. The molecule has 0 aliphatic carbocycles. The highest BCUT2D eigenvalue weighted by atomic mass is 35.5. The number of sulfonamides is 1. The molecule has 1 unspecified atom stereocenters. The quantitative estimate of drug-likeness (QED) is 0.826. The SMILES string of the molecule is CCC(CC)C(NS(=O)(=O)c1ncn(C)c1Cl)c1ccccc1. The standard InChI is InChI=1S/C16H22ClN3O2S/c1-4-12(5-2)14(13-9-7-6-8-10-13)19-23(21,22)16-15(17)20(3)11-18-16/h6-12,14,19H,4-5H2,1-3H3. The summed E-state index contributed by atoms with van der Waals surface area (Å²) in [5.41, 5.74) is 0.942. The molecule has 0 bridgehead atoms. The lowest BCUT2D eigenvalue weighted by atomic mass is 9.90. The third-order valence-electron chi connectivity index (χ3n) is 4.05. The van der Waals surface area contributed by atoms with Crippen molar-refractivity contribution in [3.05, 3.63) is 47.4 Å². The summed E-state index contributed by atoms with van der Waals surface area (Å²) in [6, 6.07) is 9.29. The van der Waals surface area contributed by atoms with E-state index in [2.05, 4.69) is 23.6 Å². The van der Waals surface area contributed by atoms with Crippen molar-refractivity contribution < 1.29 is 8.42 Å². The molecule has 1 heterocycles. The van der Waals surface area contributed by atoms with E-state index in [0.717, 1.165) is 18.4 Å². The van der Waals surface area contributed by atoms with Crippen LogP contribution < -0.4 is 4.72 Å². The van der Waals surface area contributed by atoms with Gasteiger partial charge in [-0.15, -0.1) is 0 Å². The first-order chi connectivity index (χ1) is 10.9. The lowest BCUT2D eigenvalue weighted by Crippen LogP contribution is -2.33. The minimum absolute atomic E-state index is 0.105. The molecule has 0 radical (unpaired) electrons. The van der Waals surface area contributed by atoms with E-state index >= 15 is 0 Å². The van der Waals surface area contributed by atoms with Gasteiger partial charge in [0.1, 0.15) is 5.15 Å². The number of nitrogens with one attached hydrogen (secondary N) is 1. The molecule has 0 amide bonds. The van der Waals surface area contributed by atoms with E-state index in [-0.39, 0.29) is 22.1 Å². The van der Waals surface area contributed by atoms with Gasteiger partial charge in [0.05, 0.1) is 6.33 Å². The van der Waals surface area contributed by atoms with Crippen molar-refractivity contribution in [2.75, 3.05) is 0 Å². The minimum Gasteiger partial charge on any atom is -0.324 e. The van der Waals surface area contributed by atoms with Gasteiger partial charge in [0.2, 0.25) is 5.03 Å². The Bertz CT molecular complexity index is 740. The molecule has 0 fully saturated rings. The number of aromatic nitrogens is 2. The fraction of sp³-hybridized carbons (Fsp3) is 0.438. The van der Waals surface area contributed by atoms with Crippen LogP contribution in [0.1, 0.15) is 38.3 Å². The van der Waals surface area contributed by atoms with E-state index in [1.807, 2.05) is 30.3 Å². The first-order valence-electron chi connectivity index (χ1n) is 7.64. The van der Waals surface area contributed by atoms with Crippen molar-refractivity contribution in [1.82, 2.24) is 14.3 Å². The Labute approximate surface area is 142 Å². The second kappa shape index (κ2) is 7.47. The van der Waals surface area contributed by atoms with Crippen molar-refractivity contribution in [3.8, 4) is 0 Å². The number of hydrogen-bond donors (Lipinski definition) is 1. The average Bonchev–Trinajstić information content (AvgIpc) is 2.88.